The molecule has 0 heterocycles. The molecular weight excluding hydrogens is 356 g/mol. The van der Waals surface area contributed by atoms with Crippen molar-refractivity contribution in [2.45, 2.75) is 52.6 Å². The normalized spacial score (nSPS) is 11.7. The first-order chi connectivity index (χ1) is 12.6. The van der Waals surface area contributed by atoms with Crippen molar-refractivity contribution in [1.82, 2.24) is 10.2 Å². The zero-order chi connectivity index (χ0) is 18.8. The van der Waals surface area contributed by atoms with Gasteiger partial charge in [-0.15, -0.1) is 12.4 Å². The maximum Gasteiger partial charge on any atom is 0.251 e. The second kappa shape index (κ2) is 12.5. The Morgan fingerprint density at radius 1 is 0.926 bits per heavy atom. The number of hydrogen-bond donors (Lipinski definition) is 1. The van der Waals surface area contributed by atoms with Crippen LogP contribution in [0, 0.1) is 0 Å². The zero-order valence-electron chi connectivity index (χ0n) is 16.8. The Bertz CT molecular complexity index is 652. The van der Waals surface area contributed by atoms with Crippen LogP contribution < -0.4 is 5.32 Å². The Morgan fingerprint density at radius 3 is 2.07 bits per heavy atom. The van der Waals surface area contributed by atoms with E-state index < -0.39 is 0 Å². The van der Waals surface area contributed by atoms with E-state index in [0.29, 0.717) is 0 Å². The van der Waals surface area contributed by atoms with Crippen LogP contribution in [0.15, 0.2) is 54.6 Å². The van der Waals surface area contributed by atoms with Crippen LogP contribution in [0.3, 0.4) is 0 Å². The molecule has 1 amide bonds. The van der Waals surface area contributed by atoms with Gasteiger partial charge in [-0.2, -0.15) is 0 Å². The Labute approximate surface area is 170 Å². The summed E-state index contributed by atoms with van der Waals surface area (Å²) in [5.41, 5.74) is 3.23. The number of benzene rings is 2. The Morgan fingerprint density at radius 2 is 1.52 bits per heavy atom. The van der Waals surface area contributed by atoms with Crippen LogP contribution >= 0.6 is 12.4 Å². The lowest BCUT2D eigenvalue weighted by Crippen LogP contribution is -2.34. The van der Waals surface area contributed by atoms with Crippen LogP contribution in [0.25, 0.3) is 0 Å². The summed E-state index contributed by atoms with van der Waals surface area (Å²) in [5.74, 6) is -0.000969. The first kappa shape index (κ1) is 23.2. The number of carbonyl (C=O) groups excluding carboxylic acids is 1. The summed E-state index contributed by atoms with van der Waals surface area (Å²) in [7, 11) is 0. The summed E-state index contributed by atoms with van der Waals surface area (Å²) in [6.45, 7) is 9.67. The minimum absolute atomic E-state index is 0. The molecule has 2 aromatic rings. The Hall–Kier alpha value is -1.84. The molecule has 0 fully saturated rings. The zero-order valence-corrected chi connectivity index (χ0v) is 17.6. The van der Waals surface area contributed by atoms with Crippen LogP contribution in [-0.2, 0) is 13.0 Å². The fourth-order valence-electron chi connectivity index (χ4n) is 3.25. The minimum atomic E-state index is -0.000969. The smallest absolute Gasteiger partial charge is 0.251 e. The second-order valence-electron chi connectivity index (χ2n) is 7.04. The quantitative estimate of drug-likeness (QED) is 0.614. The molecule has 27 heavy (non-hydrogen) atoms. The topological polar surface area (TPSA) is 32.3 Å². The van der Waals surface area contributed by atoms with Crippen LogP contribution in [0.1, 0.15) is 55.1 Å². The van der Waals surface area contributed by atoms with Gasteiger partial charge in [0.05, 0.1) is 0 Å². The SMILES string of the molecule is CCCN(CCC)Cc1ccc(C(=O)NC(C)Cc2ccccc2)cc1.Cl. The van der Waals surface area contributed by atoms with Gasteiger partial charge < -0.3 is 5.32 Å². The summed E-state index contributed by atoms with van der Waals surface area (Å²) >= 11 is 0. The van der Waals surface area contributed by atoms with Crippen LogP contribution in [0.5, 0.6) is 0 Å². The predicted molar refractivity (Wildman–Crippen MR) is 117 cm³/mol. The van der Waals surface area contributed by atoms with E-state index in [1.807, 2.05) is 37.3 Å². The van der Waals surface area contributed by atoms with Gasteiger partial charge in [0, 0.05) is 18.2 Å². The third-order valence-electron chi connectivity index (χ3n) is 4.46. The Balaban J connectivity index is 0.00000364. The average molecular weight is 389 g/mol. The summed E-state index contributed by atoms with van der Waals surface area (Å²) in [4.78, 5) is 14.9. The van der Waals surface area contributed by atoms with E-state index in [0.717, 1.165) is 31.6 Å². The van der Waals surface area contributed by atoms with E-state index in [-0.39, 0.29) is 24.4 Å². The summed E-state index contributed by atoms with van der Waals surface area (Å²) < 4.78 is 0. The molecule has 3 nitrogen and oxygen atoms in total. The molecule has 0 saturated heterocycles. The lowest BCUT2D eigenvalue weighted by atomic mass is 10.1. The number of nitrogens with zero attached hydrogens (tertiary/aromatic N) is 1. The van der Waals surface area contributed by atoms with Gasteiger partial charge in [0.1, 0.15) is 0 Å². The first-order valence-electron chi connectivity index (χ1n) is 9.78. The van der Waals surface area contributed by atoms with Gasteiger partial charge in [0.15, 0.2) is 0 Å². The number of hydrogen-bond acceptors (Lipinski definition) is 2. The van der Waals surface area contributed by atoms with E-state index in [1.165, 1.54) is 24.0 Å². The van der Waals surface area contributed by atoms with E-state index in [1.54, 1.807) is 0 Å². The van der Waals surface area contributed by atoms with E-state index in [4.69, 9.17) is 0 Å². The molecular formula is C23H33ClN2O. The highest BCUT2D eigenvalue weighted by molar-refractivity contribution is 5.94. The molecule has 1 atom stereocenters. The summed E-state index contributed by atoms with van der Waals surface area (Å²) in [5, 5.41) is 3.10. The van der Waals surface area contributed by atoms with Crippen molar-refractivity contribution < 1.29 is 4.79 Å². The van der Waals surface area contributed by atoms with Gasteiger partial charge in [-0.25, -0.2) is 0 Å². The maximum atomic E-state index is 12.5. The third-order valence-corrected chi connectivity index (χ3v) is 4.46. The third kappa shape index (κ3) is 8.15. The highest BCUT2D eigenvalue weighted by atomic mass is 35.5. The van der Waals surface area contributed by atoms with E-state index in [9.17, 15) is 4.79 Å². The Kier molecular flexibility index (Phi) is 10.8. The standard InChI is InChI=1S/C23H32N2O.ClH/c1-4-15-25(16-5-2)18-21-11-13-22(14-12-21)23(26)24-19(3)17-20-9-7-6-8-10-20;/h6-14,19H,4-5,15-18H2,1-3H3,(H,24,26);1H. The van der Waals surface area contributed by atoms with Crippen molar-refractivity contribution in [3.8, 4) is 0 Å². The minimum Gasteiger partial charge on any atom is -0.349 e. The first-order valence-corrected chi connectivity index (χ1v) is 9.78. The van der Waals surface area contributed by atoms with Crippen molar-refractivity contribution in [3.05, 3.63) is 71.3 Å². The van der Waals surface area contributed by atoms with Crippen LogP contribution in [-0.4, -0.2) is 29.9 Å². The number of amides is 1. The van der Waals surface area contributed by atoms with Gasteiger partial charge in [-0.05, 0) is 62.5 Å². The molecule has 0 saturated carbocycles. The molecule has 1 N–H and O–H groups in total. The number of nitrogens with one attached hydrogen (secondary N) is 1. The molecule has 0 aromatic heterocycles. The lowest BCUT2D eigenvalue weighted by Gasteiger charge is -2.21. The largest absolute Gasteiger partial charge is 0.349 e. The second-order valence-corrected chi connectivity index (χ2v) is 7.04. The number of halogens is 1. The van der Waals surface area contributed by atoms with Crippen molar-refractivity contribution in [2.75, 3.05) is 13.1 Å². The van der Waals surface area contributed by atoms with Gasteiger partial charge in [0.2, 0.25) is 0 Å². The van der Waals surface area contributed by atoms with Gasteiger partial charge in [-0.1, -0.05) is 56.3 Å². The molecule has 4 heteroatoms. The molecule has 148 valence electrons. The predicted octanol–water partition coefficient (Wildman–Crippen LogP) is 5.09. The highest BCUT2D eigenvalue weighted by Crippen LogP contribution is 2.10. The van der Waals surface area contributed by atoms with Crippen molar-refractivity contribution in [1.29, 1.82) is 0 Å². The maximum absolute atomic E-state index is 12.5. The van der Waals surface area contributed by atoms with Gasteiger partial charge in [-0.3, -0.25) is 9.69 Å². The monoisotopic (exact) mass is 388 g/mol. The van der Waals surface area contributed by atoms with Crippen molar-refractivity contribution in [2.24, 2.45) is 0 Å². The van der Waals surface area contributed by atoms with Gasteiger partial charge >= 0.3 is 0 Å². The molecule has 0 aliphatic carbocycles. The molecule has 0 aliphatic heterocycles. The molecule has 2 rings (SSSR count). The fraction of sp³-hybridized carbons (Fsp3) is 0.435. The highest BCUT2D eigenvalue weighted by Gasteiger charge is 2.11. The molecule has 0 spiro atoms. The van der Waals surface area contributed by atoms with Crippen molar-refractivity contribution >= 4 is 18.3 Å². The molecule has 0 radical (unpaired) electrons. The average Bonchev–Trinajstić information content (AvgIpc) is 2.63. The van der Waals surface area contributed by atoms with Crippen molar-refractivity contribution in [3.63, 3.8) is 0 Å². The number of carbonyl (C=O) groups is 1. The van der Waals surface area contributed by atoms with E-state index >= 15 is 0 Å². The number of rotatable bonds is 10. The lowest BCUT2D eigenvalue weighted by molar-refractivity contribution is 0.0940. The van der Waals surface area contributed by atoms with Crippen LogP contribution in [0.4, 0.5) is 0 Å². The van der Waals surface area contributed by atoms with Crippen LogP contribution in [0.2, 0.25) is 0 Å². The summed E-state index contributed by atoms with van der Waals surface area (Å²) in [6.07, 6.45) is 3.17. The fourth-order valence-corrected chi connectivity index (χ4v) is 3.25. The molecule has 0 aliphatic rings. The summed E-state index contributed by atoms with van der Waals surface area (Å²) in [6, 6.07) is 18.4. The molecule has 1 unspecified atom stereocenters. The van der Waals surface area contributed by atoms with E-state index in [2.05, 4.69) is 48.3 Å². The molecule has 2 aromatic carbocycles. The van der Waals surface area contributed by atoms with Gasteiger partial charge in [0.25, 0.3) is 5.91 Å². The molecule has 0 bridgehead atoms.